The summed E-state index contributed by atoms with van der Waals surface area (Å²) in [5, 5.41) is 6.28. The molecule has 2 rings (SSSR count). The van der Waals surface area contributed by atoms with E-state index in [0.29, 0.717) is 32.7 Å². The van der Waals surface area contributed by atoms with Crippen molar-refractivity contribution in [3.05, 3.63) is 0 Å². The molecule has 0 aliphatic carbocycles. The number of nitrogens with one attached hydrogen (secondary N) is 2. The minimum Gasteiger partial charge on any atom is -0.469 e. The molecule has 0 radical (unpaired) electrons. The van der Waals surface area contributed by atoms with E-state index >= 15 is 0 Å². The molecule has 1 amide bonds. The number of ether oxygens (including phenoxy) is 2. The Morgan fingerprint density at radius 3 is 2.86 bits per heavy atom. The normalized spacial score (nSPS) is 27.7. The fourth-order valence-corrected chi connectivity index (χ4v) is 2.82. The summed E-state index contributed by atoms with van der Waals surface area (Å²) in [4.78, 5) is 25.9. The third-order valence-corrected chi connectivity index (χ3v) is 4.00. The number of carbonyl (C=O) groups excluding carboxylic acids is 2. The minimum atomic E-state index is -0.189. The van der Waals surface area contributed by atoms with Crippen molar-refractivity contribution >= 4 is 11.9 Å². The predicted molar refractivity (Wildman–Crippen MR) is 76.8 cm³/mol. The lowest BCUT2D eigenvalue weighted by molar-refractivity contribution is -0.146. The molecule has 0 saturated carbocycles. The van der Waals surface area contributed by atoms with Gasteiger partial charge in [-0.1, -0.05) is 0 Å². The molecule has 2 aliphatic heterocycles. The zero-order valence-corrected chi connectivity index (χ0v) is 12.6. The Morgan fingerprint density at radius 2 is 2.14 bits per heavy atom. The van der Waals surface area contributed by atoms with Gasteiger partial charge in [0.25, 0.3) is 0 Å². The summed E-state index contributed by atoms with van der Waals surface area (Å²) < 4.78 is 10.1. The number of rotatable bonds is 4. The van der Waals surface area contributed by atoms with Crippen molar-refractivity contribution < 1.29 is 19.1 Å². The molecule has 2 N–H and O–H groups in total. The highest BCUT2D eigenvalue weighted by Crippen LogP contribution is 2.15. The molecule has 2 aliphatic rings. The fourth-order valence-electron chi connectivity index (χ4n) is 2.82. The average Bonchev–Trinajstić information content (AvgIpc) is 2.73. The van der Waals surface area contributed by atoms with Crippen LogP contribution in [0.4, 0.5) is 0 Å². The molecule has 2 saturated heterocycles. The second-order valence-corrected chi connectivity index (χ2v) is 5.60. The van der Waals surface area contributed by atoms with Crippen molar-refractivity contribution in [2.75, 3.05) is 53.0 Å². The fraction of sp³-hybridized carbons (Fsp3) is 0.857. The zero-order chi connectivity index (χ0) is 15.1. The molecule has 0 aromatic carbocycles. The highest BCUT2D eigenvalue weighted by atomic mass is 16.5. The van der Waals surface area contributed by atoms with Gasteiger partial charge in [0.2, 0.25) is 5.91 Å². The molecule has 0 bridgehead atoms. The maximum absolute atomic E-state index is 12.1. The Morgan fingerprint density at radius 1 is 1.38 bits per heavy atom. The Labute approximate surface area is 125 Å². The lowest BCUT2D eigenvalue weighted by Gasteiger charge is -2.27. The van der Waals surface area contributed by atoms with Crippen LogP contribution in [0.15, 0.2) is 0 Å². The van der Waals surface area contributed by atoms with E-state index in [1.807, 2.05) is 0 Å². The maximum atomic E-state index is 12.1. The summed E-state index contributed by atoms with van der Waals surface area (Å²) in [6, 6.07) is -0.0230. The van der Waals surface area contributed by atoms with Crippen molar-refractivity contribution in [3.8, 4) is 0 Å². The van der Waals surface area contributed by atoms with E-state index in [-0.39, 0.29) is 23.8 Å². The van der Waals surface area contributed by atoms with Crippen LogP contribution in [-0.2, 0) is 19.1 Å². The van der Waals surface area contributed by atoms with Crippen LogP contribution < -0.4 is 10.6 Å². The summed E-state index contributed by atoms with van der Waals surface area (Å²) in [6.45, 7) is 4.81. The first-order valence-corrected chi connectivity index (χ1v) is 7.57. The molecule has 2 fully saturated rings. The Kier molecular flexibility index (Phi) is 6.41. The Balaban J connectivity index is 1.79. The summed E-state index contributed by atoms with van der Waals surface area (Å²) >= 11 is 0. The molecule has 2 atom stereocenters. The van der Waals surface area contributed by atoms with Crippen LogP contribution in [0.25, 0.3) is 0 Å². The zero-order valence-electron chi connectivity index (χ0n) is 12.6. The number of carbonyl (C=O) groups is 2. The summed E-state index contributed by atoms with van der Waals surface area (Å²) in [5.41, 5.74) is 0. The van der Waals surface area contributed by atoms with Crippen molar-refractivity contribution in [1.82, 2.24) is 15.5 Å². The van der Waals surface area contributed by atoms with Gasteiger partial charge in [0, 0.05) is 25.7 Å². The molecule has 2 heterocycles. The van der Waals surface area contributed by atoms with Crippen molar-refractivity contribution in [2.45, 2.75) is 18.9 Å². The van der Waals surface area contributed by atoms with Crippen LogP contribution in [0.1, 0.15) is 12.8 Å². The van der Waals surface area contributed by atoms with Crippen molar-refractivity contribution in [2.24, 2.45) is 5.92 Å². The molecule has 0 spiro atoms. The standard InChI is InChI=1S/C14H25N3O4/c1-20-14(19)11-2-3-15-9-12(8-11)16-13(18)10-17-4-6-21-7-5-17/h11-12,15H,2-10H2,1H3,(H,16,18). The van der Waals surface area contributed by atoms with Gasteiger partial charge in [-0.15, -0.1) is 0 Å². The van der Waals surface area contributed by atoms with E-state index in [1.165, 1.54) is 7.11 Å². The lowest BCUT2D eigenvalue weighted by atomic mass is 9.98. The van der Waals surface area contributed by atoms with E-state index in [2.05, 4.69) is 15.5 Å². The van der Waals surface area contributed by atoms with Gasteiger partial charge in [-0.05, 0) is 19.4 Å². The van der Waals surface area contributed by atoms with Crippen LogP contribution in [0.2, 0.25) is 0 Å². The van der Waals surface area contributed by atoms with Crippen LogP contribution >= 0.6 is 0 Å². The van der Waals surface area contributed by atoms with Crippen LogP contribution in [0.5, 0.6) is 0 Å². The predicted octanol–water partition coefficient (Wildman–Crippen LogP) is -1.02. The van der Waals surface area contributed by atoms with Crippen molar-refractivity contribution in [3.63, 3.8) is 0 Å². The third kappa shape index (κ3) is 5.26. The molecule has 0 aromatic heterocycles. The summed E-state index contributed by atoms with van der Waals surface area (Å²) in [6.07, 6.45) is 1.39. The number of hydrogen-bond acceptors (Lipinski definition) is 6. The van der Waals surface area contributed by atoms with Gasteiger partial charge in [0.15, 0.2) is 0 Å². The molecule has 7 heteroatoms. The van der Waals surface area contributed by atoms with Gasteiger partial charge in [-0.2, -0.15) is 0 Å². The molecular formula is C14H25N3O4. The number of hydrogen-bond donors (Lipinski definition) is 2. The van der Waals surface area contributed by atoms with E-state index in [4.69, 9.17) is 9.47 Å². The molecular weight excluding hydrogens is 274 g/mol. The number of nitrogens with zero attached hydrogens (tertiary/aromatic N) is 1. The van der Waals surface area contributed by atoms with Gasteiger partial charge >= 0.3 is 5.97 Å². The van der Waals surface area contributed by atoms with Gasteiger partial charge in [-0.25, -0.2) is 0 Å². The molecule has 21 heavy (non-hydrogen) atoms. The first kappa shape index (κ1) is 16.2. The second kappa shape index (κ2) is 8.31. The van der Waals surface area contributed by atoms with Crippen molar-refractivity contribution in [1.29, 1.82) is 0 Å². The summed E-state index contributed by atoms with van der Waals surface area (Å²) in [7, 11) is 1.41. The van der Waals surface area contributed by atoms with E-state index in [9.17, 15) is 9.59 Å². The van der Waals surface area contributed by atoms with E-state index < -0.39 is 0 Å². The van der Waals surface area contributed by atoms with Gasteiger partial charge < -0.3 is 20.1 Å². The second-order valence-electron chi connectivity index (χ2n) is 5.60. The highest BCUT2D eigenvalue weighted by Gasteiger charge is 2.27. The SMILES string of the molecule is COC(=O)C1CCNCC(NC(=O)CN2CCOCC2)C1. The van der Waals surface area contributed by atoms with Gasteiger partial charge in [0.05, 0.1) is 32.8 Å². The summed E-state index contributed by atoms with van der Waals surface area (Å²) in [5.74, 6) is -0.320. The molecule has 0 aromatic rings. The highest BCUT2D eigenvalue weighted by molar-refractivity contribution is 5.78. The molecule has 7 nitrogen and oxygen atoms in total. The number of morpholine rings is 1. The van der Waals surface area contributed by atoms with Crippen LogP contribution in [-0.4, -0.2) is 75.9 Å². The first-order chi connectivity index (χ1) is 10.2. The quantitative estimate of drug-likeness (QED) is 0.647. The lowest BCUT2D eigenvalue weighted by Crippen LogP contribution is -2.48. The maximum Gasteiger partial charge on any atom is 0.308 e. The van der Waals surface area contributed by atoms with Gasteiger partial charge in [0.1, 0.15) is 0 Å². The molecule has 120 valence electrons. The topological polar surface area (TPSA) is 79.9 Å². The smallest absolute Gasteiger partial charge is 0.308 e. The minimum absolute atomic E-state index is 0.00853. The van der Waals surface area contributed by atoms with Crippen LogP contribution in [0.3, 0.4) is 0 Å². The number of amides is 1. The first-order valence-electron chi connectivity index (χ1n) is 7.57. The number of esters is 1. The van der Waals surface area contributed by atoms with Gasteiger partial charge in [-0.3, -0.25) is 14.5 Å². The monoisotopic (exact) mass is 299 g/mol. The Hall–Kier alpha value is -1.18. The van der Waals surface area contributed by atoms with Crippen LogP contribution in [0, 0.1) is 5.92 Å². The number of methoxy groups -OCH3 is 1. The Bertz CT molecular complexity index is 358. The van der Waals surface area contributed by atoms with E-state index in [1.54, 1.807) is 0 Å². The largest absolute Gasteiger partial charge is 0.469 e. The third-order valence-electron chi connectivity index (χ3n) is 4.00. The van der Waals surface area contributed by atoms with E-state index in [0.717, 1.165) is 26.1 Å². The average molecular weight is 299 g/mol. The molecule has 2 unspecified atom stereocenters.